The molecule has 1 rings (SSSR count). The van der Waals surface area contributed by atoms with E-state index in [1.165, 1.54) is 27.4 Å². The van der Waals surface area contributed by atoms with Gasteiger partial charge < -0.3 is 19.1 Å². The van der Waals surface area contributed by atoms with Crippen molar-refractivity contribution < 1.29 is 23.8 Å². The molecule has 0 heterocycles. The Morgan fingerprint density at radius 3 is 2.33 bits per heavy atom. The summed E-state index contributed by atoms with van der Waals surface area (Å²) in [5.41, 5.74) is 0.378. The molecule has 1 aromatic rings. The van der Waals surface area contributed by atoms with E-state index in [2.05, 4.69) is 4.74 Å². The highest BCUT2D eigenvalue weighted by Crippen LogP contribution is 2.36. The van der Waals surface area contributed by atoms with E-state index in [-0.39, 0.29) is 35.8 Å². The number of benzene rings is 1. The second-order valence-electron chi connectivity index (χ2n) is 5.66. The zero-order valence-corrected chi connectivity index (χ0v) is 15.5. The van der Waals surface area contributed by atoms with Gasteiger partial charge in [-0.25, -0.2) is 0 Å². The number of esters is 1. The van der Waals surface area contributed by atoms with Crippen LogP contribution in [0.1, 0.15) is 30.6 Å². The van der Waals surface area contributed by atoms with E-state index in [4.69, 9.17) is 21.1 Å². The highest BCUT2D eigenvalue weighted by atomic mass is 35.5. The number of hydrogen-bond acceptors (Lipinski definition) is 5. The van der Waals surface area contributed by atoms with Crippen LogP contribution in [0.15, 0.2) is 12.1 Å². The monoisotopic (exact) mass is 357 g/mol. The van der Waals surface area contributed by atoms with E-state index in [1.807, 2.05) is 13.8 Å². The first-order valence-corrected chi connectivity index (χ1v) is 7.99. The van der Waals surface area contributed by atoms with E-state index in [0.717, 1.165) is 0 Å². The standard InChI is InChI=1S/C17H24ClNO5/c1-11(2)10-19(7-6-15(20)23-4)17(21)12-8-13(18)16(24-5)14(9-12)22-3/h8-9,11H,6-7,10H2,1-5H3. The molecule has 0 spiro atoms. The molecule has 0 saturated heterocycles. The van der Waals surface area contributed by atoms with Crippen LogP contribution >= 0.6 is 11.6 Å². The lowest BCUT2D eigenvalue weighted by molar-refractivity contribution is -0.140. The fourth-order valence-corrected chi connectivity index (χ4v) is 2.56. The molecular weight excluding hydrogens is 334 g/mol. The van der Waals surface area contributed by atoms with Crippen molar-refractivity contribution in [3.8, 4) is 11.5 Å². The number of carbonyl (C=O) groups is 2. The van der Waals surface area contributed by atoms with Crippen molar-refractivity contribution in [3.05, 3.63) is 22.7 Å². The molecule has 24 heavy (non-hydrogen) atoms. The van der Waals surface area contributed by atoms with E-state index in [1.54, 1.807) is 11.0 Å². The molecular formula is C17H24ClNO5. The van der Waals surface area contributed by atoms with Crippen molar-refractivity contribution in [1.82, 2.24) is 4.90 Å². The Kier molecular flexibility index (Phi) is 7.85. The lowest BCUT2D eigenvalue weighted by Gasteiger charge is -2.25. The maximum atomic E-state index is 12.8. The molecule has 1 amide bonds. The summed E-state index contributed by atoms with van der Waals surface area (Å²) in [6.45, 7) is 4.79. The third kappa shape index (κ3) is 5.30. The molecule has 0 aliphatic heterocycles. The fourth-order valence-electron chi connectivity index (χ4n) is 2.27. The third-order valence-electron chi connectivity index (χ3n) is 3.37. The maximum Gasteiger partial charge on any atom is 0.307 e. The Morgan fingerprint density at radius 2 is 1.83 bits per heavy atom. The molecule has 0 bridgehead atoms. The van der Waals surface area contributed by atoms with Gasteiger partial charge in [0, 0.05) is 18.7 Å². The lowest BCUT2D eigenvalue weighted by Crippen LogP contribution is -2.36. The Bertz CT molecular complexity index is 589. The van der Waals surface area contributed by atoms with Gasteiger partial charge in [-0.2, -0.15) is 0 Å². The number of nitrogens with zero attached hydrogens (tertiary/aromatic N) is 1. The predicted octanol–water partition coefficient (Wildman–Crippen LogP) is 3.02. The molecule has 0 aliphatic carbocycles. The zero-order valence-electron chi connectivity index (χ0n) is 14.7. The molecule has 0 aliphatic rings. The van der Waals surface area contributed by atoms with Crippen LogP contribution in [-0.2, 0) is 9.53 Å². The van der Waals surface area contributed by atoms with Crippen LogP contribution in [0, 0.1) is 5.92 Å². The van der Waals surface area contributed by atoms with Crippen LogP contribution in [-0.4, -0.2) is 51.2 Å². The normalized spacial score (nSPS) is 10.5. The van der Waals surface area contributed by atoms with E-state index in [0.29, 0.717) is 23.6 Å². The first-order chi connectivity index (χ1) is 11.3. The number of ether oxygens (including phenoxy) is 3. The Hall–Kier alpha value is -1.95. The van der Waals surface area contributed by atoms with E-state index < -0.39 is 0 Å². The second kappa shape index (κ2) is 9.37. The number of hydrogen-bond donors (Lipinski definition) is 0. The molecule has 1 aromatic carbocycles. The summed E-state index contributed by atoms with van der Waals surface area (Å²) in [5, 5.41) is 0.290. The summed E-state index contributed by atoms with van der Waals surface area (Å²) < 4.78 is 15.0. The van der Waals surface area contributed by atoms with Crippen LogP contribution in [0.5, 0.6) is 11.5 Å². The largest absolute Gasteiger partial charge is 0.493 e. The van der Waals surface area contributed by atoms with E-state index >= 15 is 0 Å². The SMILES string of the molecule is COC(=O)CCN(CC(C)C)C(=O)c1cc(Cl)c(OC)c(OC)c1. The minimum absolute atomic E-state index is 0.135. The molecule has 0 saturated carbocycles. The topological polar surface area (TPSA) is 65.1 Å². The average Bonchev–Trinajstić information content (AvgIpc) is 2.56. The molecule has 6 nitrogen and oxygen atoms in total. The van der Waals surface area contributed by atoms with Crippen molar-refractivity contribution in [2.24, 2.45) is 5.92 Å². The highest BCUT2D eigenvalue weighted by Gasteiger charge is 2.21. The maximum absolute atomic E-state index is 12.8. The Labute approximate surface area is 147 Å². The highest BCUT2D eigenvalue weighted by molar-refractivity contribution is 6.32. The van der Waals surface area contributed by atoms with Crippen LogP contribution < -0.4 is 9.47 Å². The number of carbonyl (C=O) groups excluding carboxylic acids is 2. The Balaban J connectivity index is 3.08. The minimum Gasteiger partial charge on any atom is -0.493 e. The van der Waals surface area contributed by atoms with Gasteiger partial charge in [-0.3, -0.25) is 9.59 Å². The first kappa shape index (κ1) is 20.1. The molecule has 0 aromatic heterocycles. The van der Waals surface area contributed by atoms with Gasteiger partial charge in [0.05, 0.1) is 32.8 Å². The van der Waals surface area contributed by atoms with Crippen LogP contribution in [0.3, 0.4) is 0 Å². The quantitative estimate of drug-likeness (QED) is 0.669. The van der Waals surface area contributed by atoms with Gasteiger partial charge in [0.1, 0.15) is 0 Å². The summed E-state index contributed by atoms with van der Waals surface area (Å²) in [5.74, 6) is 0.422. The summed E-state index contributed by atoms with van der Waals surface area (Å²) in [4.78, 5) is 25.8. The molecule has 0 fully saturated rings. The predicted molar refractivity (Wildman–Crippen MR) is 91.9 cm³/mol. The van der Waals surface area contributed by atoms with Gasteiger partial charge >= 0.3 is 5.97 Å². The second-order valence-corrected chi connectivity index (χ2v) is 6.07. The molecule has 134 valence electrons. The number of rotatable bonds is 8. The van der Waals surface area contributed by atoms with Gasteiger partial charge in [-0.05, 0) is 18.1 Å². The van der Waals surface area contributed by atoms with Crippen LogP contribution in [0.25, 0.3) is 0 Å². The number of amides is 1. The van der Waals surface area contributed by atoms with E-state index in [9.17, 15) is 9.59 Å². The average molecular weight is 358 g/mol. The molecule has 7 heteroatoms. The third-order valence-corrected chi connectivity index (χ3v) is 3.65. The molecule has 0 atom stereocenters. The van der Waals surface area contributed by atoms with Crippen molar-refractivity contribution in [3.63, 3.8) is 0 Å². The van der Waals surface area contributed by atoms with Crippen molar-refractivity contribution >= 4 is 23.5 Å². The molecule has 0 unspecified atom stereocenters. The Morgan fingerprint density at radius 1 is 1.17 bits per heavy atom. The van der Waals surface area contributed by atoms with Gasteiger partial charge in [-0.15, -0.1) is 0 Å². The van der Waals surface area contributed by atoms with Gasteiger partial charge in [0.2, 0.25) is 0 Å². The summed E-state index contributed by atoms with van der Waals surface area (Å²) >= 11 is 6.17. The van der Waals surface area contributed by atoms with Crippen molar-refractivity contribution in [2.45, 2.75) is 20.3 Å². The lowest BCUT2D eigenvalue weighted by atomic mass is 10.1. The van der Waals surface area contributed by atoms with Gasteiger partial charge in [0.15, 0.2) is 11.5 Å². The number of methoxy groups -OCH3 is 3. The van der Waals surface area contributed by atoms with Crippen molar-refractivity contribution in [2.75, 3.05) is 34.4 Å². The smallest absolute Gasteiger partial charge is 0.307 e. The molecule has 0 N–H and O–H groups in total. The zero-order chi connectivity index (χ0) is 18.3. The number of halogens is 1. The minimum atomic E-state index is -0.359. The van der Waals surface area contributed by atoms with Gasteiger partial charge in [0.25, 0.3) is 5.91 Å². The van der Waals surface area contributed by atoms with Crippen LogP contribution in [0.4, 0.5) is 0 Å². The fraction of sp³-hybridized carbons (Fsp3) is 0.529. The van der Waals surface area contributed by atoms with Crippen LogP contribution in [0.2, 0.25) is 5.02 Å². The first-order valence-electron chi connectivity index (χ1n) is 7.61. The van der Waals surface area contributed by atoms with Crippen molar-refractivity contribution in [1.29, 1.82) is 0 Å². The summed E-state index contributed by atoms with van der Waals surface area (Å²) in [6, 6.07) is 3.12. The van der Waals surface area contributed by atoms with Gasteiger partial charge in [-0.1, -0.05) is 25.4 Å². The molecule has 0 radical (unpaired) electrons. The summed E-state index contributed by atoms with van der Waals surface area (Å²) in [7, 11) is 4.28. The summed E-state index contributed by atoms with van der Waals surface area (Å²) in [6.07, 6.45) is 0.135.